The summed E-state index contributed by atoms with van der Waals surface area (Å²) in [5.41, 5.74) is 1.68. The van der Waals surface area contributed by atoms with Crippen LogP contribution in [0.4, 0.5) is 0 Å². The second-order valence-electron chi connectivity index (χ2n) is 2.76. The fourth-order valence-electron chi connectivity index (χ4n) is 1.16. The van der Waals surface area contributed by atoms with E-state index in [4.69, 9.17) is 11.6 Å². The van der Waals surface area contributed by atoms with Crippen molar-refractivity contribution in [2.45, 2.75) is 6.92 Å². The quantitative estimate of drug-likeness (QED) is 0.750. The van der Waals surface area contributed by atoms with Crippen LogP contribution in [0.25, 0.3) is 5.52 Å². The molecule has 0 saturated heterocycles. The van der Waals surface area contributed by atoms with Crippen LogP contribution in [-0.2, 0) is 0 Å². The number of halogens is 2. The first-order chi connectivity index (χ1) is 6.63. The van der Waals surface area contributed by atoms with Crippen molar-refractivity contribution in [3.63, 3.8) is 0 Å². The highest BCUT2D eigenvalue weighted by Gasteiger charge is 2.10. The van der Waals surface area contributed by atoms with E-state index < -0.39 is 0 Å². The first kappa shape index (κ1) is 9.61. The Morgan fingerprint density at radius 3 is 3.00 bits per heavy atom. The second kappa shape index (κ2) is 3.33. The molecule has 2 rings (SSSR count). The molecule has 0 bridgehead atoms. The van der Waals surface area contributed by atoms with Gasteiger partial charge in [0.2, 0.25) is 0 Å². The highest BCUT2D eigenvalue weighted by Crippen LogP contribution is 2.22. The average Bonchev–Trinajstić information content (AvgIpc) is 2.58. The molecule has 14 heavy (non-hydrogen) atoms. The van der Waals surface area contributed by atoms with E-state index in [0.29, 0.717) is 27.3 Å². The number of hydrogen-bond acceptors (Lipinski definition) is 3. The maximum Gasteiger partial charge on any atom is 0.170 e. The number of carbonyl (C=O) groups excluding carboxylic acids is 1. The molecular formula is C8H5BrClN3O. The SMILES string of the molecule is Cc1nc(Cl)c2cc(C=O)nn2c1Br. The minimum Gasteiger partial charge on any atom is -0.296 e. The molecule has 2 aromatic heterocycles. The van der Waals surface area contributed by atoms with Gasteiger partial charge in [-0.25, -0.2) is 9.50 Å². The monoisotopic (exact) mass is 273 g/mol. The zero-order valence-electron chi connectivity index (χ0n) is 7.16. The van der Waals surface area contributed by atoms with E-state index in [1.807, 2.05) is 0 Å². The van der Waals surface area contributed by atoms with Gasteiger partial charge in [0.15, 0.2) is 11.4 Å². The topological polar surface area (TPSA) is 47.3 Å². The molecule has 4 nitrogen and oxygen atoms in total. The van der Waals surface area contributed by atoms with E-state index >= 15 is 0 Å². The second-order valence-corrected chi connectivity index (χ2v) is 3.87. The summed E-state index contributed by atoms with van der Waals surface area (Å²) < 4.78 is 2.25. The molecule has 0 unspecified atom stereocenters. The van der Waals surface area contributed by atoms with Gasteiger partial charge in [-0.3, -0.25) is 4.79 Å². The summed E-state index contributed by atoms with van der Waals surface area (Å²) in [6.07, 6.45) is 0.672. The van der Waals surface area contributed by atoms with Gasteiger partial charge in [0.25, 0.3) is 0 Å². The third kappa shape index (κ3) is 1.33. The van der Waals surface area contributed by atoms with Crippen LogP contribution in [0.2, 0.25) is 5.15 Å². The van der Waals surface area contributed by atoms with Crippen molar-refractivity contribution < 1.29 is 4.79 Å². The lowest BCUT2D eigenvalue weighted by Gasteiger charge is -2.01. The normalized spacial score (nSPS) is 10.8. The van der Waals surface area contributed by atoms with Crippen molar-refractivity contribution >= 4 is 39.3 Å². The van der Waals surface area contributed by atoms with Crippen LogP contribution in [0.5, 0.6) is 0 Å². The van der Waals surface area contributed by atoms with Gasteiger partial charge in [-0.1, -0.05) is 11.6 Å². The standard InChI is InChI=1S/C8H5BrClN3O/c1-4-7(9)13-6(8(10)11-4)2-5(3-14)12-13/h2-3H,1H3. The Balaban J connectivity index is 2.90. The molecule has 0 radical (unpaired) electrons. The number of aldehydes is 1. The summed E-state index contributed by atoms with van der Waals surface area (Å²) in [5.74, 6) is 0. The smallest absolute Gasteiger partial charge is 0.170 e. The molecule has 0 aliphatic heterocycles. The molecule has 0 atom stereocenters. The number of aryl methyl sites for hydroxylation is 1. The Hall–Kier alpha value is -0.940. The van der Waals surface area contributed by atoms with Gasteiger partial charge in [0, 0.05) is 0 Å². The minimum absolute atomic E-state index is 0.333. The first-order valence-corrected chi connectivity index (χ1v) is 4.97. The molecule has 0 saturated carbocycles. The van der Waals surface area contributed by atoms with Crippen LogP contribution in [0.1, 0.15) is 16.2 Å². The van der Waals surface area contributed by atoms with Crippen molar-refractivity contribution in [2.24, 2.45) is 0 Å². The van der Waals surface area contributed by atoms with Gasteiger partial charge in [-0.15, -0.1) is 0 Å². The molecule has 0 fully saturated rings. The Bertz CT molecular complexity index is 523. The number of carbonyl (C=O) groups is 1. The molecular weight excluding hydrogens is 269 g/mol. The Morgan fingerprint density at radius 2 is 2.36 bits per heavy atom. The molecule has 0 aliphatic rings. The van der Waals surface area contributed by atoms with Gasteiger partial charge >= 0.3 is 0 Å². The summed E-state index contributed by atoms with van der Waals surface area (Å²) >= 11 is 9.22. The fourth-order valence-corrected chi connectivity index (χ4v) is 1.78. The Labute approximate surface area is 93.0 Å². The molecule has 72 valence electrons. The number of fused-ring (bicyclic) bond motifs is 1. The zero-order chi connectivity index (χ0) is 10.3. The molecule has 2 aromatic rings. The molecule has 0 aromatic carbocycles. The predicted molar refractivity (Wildman–Crippen MR) is 55.8 cm³/mol. The Morgan fingerprint density at radius 1 is 1.64 bits per heavy atom. The molecule has 0 amide bonds. The Kier molecular flexibility index (Phi) is 2.28. The maximum absolute atomic E-state index is 10.5. The summed E-state index contributed by atoms with van der Waals surface area (Å²) in [5, 5.41) is 4.37. The van der Waals surface area contributed by atoms with Crippen LogP contribution in [0.3, 0.4) is 0 Å². The lowest BCUT2D eigenvalue weighted by atomic mass is 10.4. The summed E-state index contributed by atoms with van der Waals surface area (Å²) in [4.78, 5) is 14.6. The summed E-state index contributed by atoms with van der Waals surface area (Å²) in [7, 11) is 0. The van der Waals surface area contributed by atoms with Crippen LogP contribution < -0.4 is 0 Å². The van der Waals surface area contributed by atoms with Gasteiger partial charge < -0.3 is 0 Å². The highest BCUT2D eigenvalue weighted by molar-refractivity contribution is 9.10. The molecule has 0 spiro atoms. The minimum atomic E-state index is 0.333. The van der Waals surface area contributed by atoms with E-state index in [9.17, 15) is 4.79 Å². The number of hydrogen-bond donors (Lipinski definition) is 0. The van der Waals surface area contributed by atoms with Crippen molar-refractivity contribution in [3.05, 3.63) is 27.2 Å². The largest absolute Gasteiger partial charge is 0.296 e. The van der Waals surface area contributed by atoms with Crippen molar-refractivity contribution in [1.29, 1.82) is 0 Å². The van der Waals surface area contributed by atoms with Crippen molar-refractivity contribution in [1.82, 2.24) is 14.6 Å². The first-order valence-electron chi connectivity index (χ1n) is 3.80. The maximum atomic E-state index is 10.5. The molecule has 2 heterocycles. The van der Waals surface area contributed by atoms with Crippen LogP contribution in [0, 0.1) is 6.92 Å². The summed E-state index contributed by atoms with van der Waals surface area (Å²) in [6.45, 7) is 1.80. The lowest BCUT2D eigenvalue weighted by Crippen LogP contribution is -1.97. The van der Waals surface area contributed by atoms with Gasteiger partial charge in [-0.2, -0.15) is 5.10 Å². The molecule has 6 heteroatoms. The molecule has 0 aliphatic carbocycles. The third-order valence-corrected chi connectivity index (χ3v) is 3.00. The van der Waals surface area contributed by atoms with E-state index in [1.165, 1.54) is 0 Å². The predicted octanol–water partition coefficient (Wildman–Crippen LogP) is 2.27. The van der Waals surface area contributed by atoms with Crippen LogP contribution >= 0.6 is 27.5 Å². The number of aromatic nitrogens is 3. The van der Waals surface area contributed by atoms with Gasteiger partial charge in [-0.05, 0) is 28.9 Å². The fraction of sp³-hybridized carbons (Fsp3) is 0.125. The number of nitrogens with zero attached hydrogens (tertiary/aromatic N) is 3. The third-order valence-electron chi connectivity index (χ3n) is 1.81. The number of rotatable bonds is 1. The lowest BCUT2D eigenvalue weighted by molar-refractivity contribution is 0.111. The highest BCUT2D eigenvalue weighted by atomic mass is 79.9. The zero-order valence-corrected chi connectivity index (χ0v) is 9.50. The van der Waals surface area contributed by atoms with Crippen LogP contribution in [-0.4, -0.2) is 20.9 Å². The van der Waals surface area contributed by atoms with Crippen LogP contribution in [0.15, 0.2) is 10.7 Å². The van der Waals surface area contributed by atoms with Gasteiger partial charge in [0.05, 0.1) is 5.69 Å². The van der Waals surface area contributed by atoms with Crippen molar-refractivity contribution in [3.8, 4) is 0 Å². The van der Waals surface area contributed by atoms with Crippen molar-refractivity contribution in [2.75, 3.05) is 0 Å². The van der Waals surface area contributed by atoms with E-state index in [0.717, 1.165) is 5.69 Å². The molecule has 0 N–H and O–H groups in total. The average molecular weight is 275 g/mol. The van der Waals surface area contributed by atoms with E-state index in [2.05, 4.69) is 26.0 Å². The summed E-state index contributed by atoms with van der Waals surface area (Å²) in [6, 6.07) is 1.59. The van der Waals surface area contributed by atoms with E-state index in [-0.39, 0.29) is 0 Å². The van der Waals surface area contributed by atoms with E-state index in [1.54, 1.807) is 17.5 Å². The van der Waals surface area contributed by atoms with Gasteiger partial charge in [0.1, 0.15) is 15.8 Å².